The maximum Gasteiger partial charge on any atom is 0.306 e. The fourth-order valence-corrected chi connectivity index (χ4v) is 11.0. The van der Waals surface area contributed by atoms with Crippen LogP contribution < -0.4 is 0 Å². The first kappa shape index (κ1) is 78.4. The summed E-state index contributed by atoms with van der Waals surface area (Å²) in [6.45, 7) is 6.61. The van der Waals surface area contributed by atoms with Crippen LogP contribution in [0.2, 0.25) is 0 Å². The molecule has 0 amide bonds. The van der Waals surface area contributed by atoms with Gasteiger partial charge >= 0.3 is 17.9 Å². The van der Waals surface area contributed by atoms with Crippen LogP contribution in [0.5, 0.6) is 0 Å². The minimum absolute atomic E-state index is 0.0667. The van der Waals surface area contributed by atoms with E-state index in [9.17, 15) is 14.4 Å². The van der Waals surface area contributed by atoms with E-state index in [1.165, 1.54) is 270 Å². The summed E-state index contributed by atoms with van der Waals surface area (Å²) < 4.78 is 17.0. The van der Waals surface area contributed by atoms with E-state index < -0.39 is 6.10 Å². The molecule has 0 spiro atoms. The molecule has 6 nitrogen and oxygen atoms in total. The molecule has 0 rings (SSSR count). The highest BCUT2D eigenvalue weighted by atomic mass is 16.6. The number of unbranched alkanes of at least 4 members (excludes halogenated alkanes) is 48. The zero-order valence-electron chi connectivity index (χ0n) is 54.6. The molecule has 6 heteroatoms. The van der Waals surface area contributed by atoms with Crippen LogP contribution in [0.1, 0.15) is 393 Å². The summed E-state index contributed by atoms with van der Waals surface area (Å²) in [6.07, 6.45) is 88.5. The second-order valence-electron chi connectivity index (χ2n) is 24.5. The normalized spacial score (nSPS) is 12.3. The van der Waals surface area contributed by atoms with E-state index in [1.54, 1.807) is 0 Å². The molecule has 0 aliphatic carbocycles. The van der Waals surface area contributed by atoms with Crippen LogP contribution in [-0.4, -0.2) is 37.2 Å². The molecular weight excluding hydrogens is 997 g/mol. The van der Waals surface area contributed by atoms with Crippen molar-refractivity contribution in [2.75, 3.05) is 13.2 Å². The van der Waals surface area contributed by atoms with Gasteiger partial charge < -0.3 is 14.2 Å². The van der Waals surface area contributed by atoms with Gasteiger partial charge in [-0.3, -0.25) is 14.4 Å². The van der Waals surface area contributed by atoms with Crippen LogP contribution in [0.4, 0.5) is 0 Å². The Labute approximate surface area is 505 Å². The Bertz CT molecular complexity index is 1400. The second kappa shape index (κ2) is 69.9. The van der Waals surface area contributed by atoms with E-state index in [2.05, 4.69) is 69.4 Å². The van der Waals surface area contributed by atoms with Crippen molar-refractivity contribution in [3.8, 4) is 0 Å². The van der Waals surface area contributed by atoms with E-state index in [0.29, 0.717) is 19.3 Å². The summed E-state index contributed by atoms with van der Waals surface area (Å²) in [4.78, 5) is 38.5. The molecule has 0 saturated heterocycles. The summed E-state index contributed by atoms with van der Waals surface area (Å²) in [7, 11) is 0. The molecule has 0 radical (unpaired) electrons. The Morgan fingerprint density at radius 1 is 0.259 bits per heavy atom. The number of hydrogen-bond acceptors (Lipinski definition) is 6. The lowest BCUT2D eigenvalue weighted by atomic mass is 10.0. The Balaban J connectivity index is 4.28. The Morgan fingerprint density at radius 2 is 0.481 bits per heavy atom. The van der Waals surface area contributed by atoms with Crippen LogP contribution in [0, 0.1) is 0 Å². The molecule has 0 saturated carbocycles. The standard InChI is InChI=1S/C75H138O6/c1-4-7-10-13-16-19-22-25-28-31-33-35-37-38-39-41-42-44-47-50-53-56-59-62-65-68-74(77)80-71-72(70-79-73(76)67-64-61-58-55-52-49-46-30-27-24-21-18-15-12-9-6-3)81-75(78)69-66-63-60-57-54-51-48-45-43-40-36-34-32-29-26-23-20-17-14-11-8-5-2/h7,10,16,19,25,28,33,35,72H,4-6,8-9,11-15,17-18,20-24,26-27,29-32,34,36-71H2,1-3H3/b10-7-,19-16-,28-25-,35-33-. The van der Waals surface area contributed by atoms with E-state index in [0.717, 1.165) is 83.5 Å². The van der Waals surface area contributed by atoms with Gasteiger partial charge in [-0.15, -0.1) is 0 Å². The quantitative estimate of drug-likeness (QED) is 0.0261. The van der Waals surface area contributed by atoms with Crippen LogP contribution in [0.15, 0.2) is 48.6 Å². The zero-order chi connectivity index (χ0) is 58.5. The number of ether oxygens (including phenoxy) is 3. The van der Waals surface area contributed by atoms with Crippen molar-refractivity contribution in [3.05, 3.63) is 48.6 Å². The Hall–Kier alpha value is -2.63. The maximum atomic E-state index is 13.0. The molecule has 0 N–H and O–H groups in total. The fraction of sp³-hybridized carbons (Fsp3) is 0.853. The second-order valence-corrected chi connectivity index (χ2v) is 24.5. The third-order valence-electron chi connectivity index (χ3n) is 16.3. The van der Waals surface area contributed by atoms with Gasteiger partial charge in [-0.1, -0.05) is 365 Å². The highest BCUT2D eigenvalue weighted by Gasteiger charge is 2.19. The van der Waals surface area contributed by atoms with Crippen molar-refractivity contribution in [1.29, 1.82) is 0 Å². The third-order valence-corrected chi connectivity index (χ3v) is 16.3. The van der Waals surface area contributed by atoms with Crippen molar-refractivity contribution in [2.45, 2.75) is 399 Å². The van der Waals surface area contributed by atoms with Gasteiger partial charge in [-0.25, -0.2) is 0 Å². The first-order chi connectivity index (χ1) is 40.0. The van der Waals surface area contributed by atoms with Gasteiger partial charge in [-0.2, -0.15) is 0 Å². The van der Waals surface area contributed by atoms with Gasteiger partial charge in [0.1, 0.15) is 13.2 Å². The molecule has 1 atom stereocenters. The Morgan fingerprint density at radius 3 is 0.753 bits per heavy atom. The smallest absolute Gasteiger partial charge is 0.306 e. The van der Waals surface area contributed by atoms with E-state index in [-0.39, 0.29) is 31.1 Å². The fourth-order valence-electron chi connectivity index (χ4n) is 11.0. The number of rotatable bonds is 67. The molecule has 0 aliphatic heterocycles. The zero-order valence-corrected chi connectivity index (χ0v) is 54.6. The predicted molar refractivity (Wildman–Crippen MR) is 353 cm³/mol. The minimum atomic E-state index is -0.771. The molecule has 81 heavy (non-hydrogen) atoms. The van der Waals surface area contributed by atoms with E-state index >= 15 is 0 Å². The molecule has 0 aliphatic rings. The van der Waals surface area contributed by atoms with Crippen LogP contribution in [-0.2, 0) is 28.6 Å². The lowest BCUT2D eigenvalue weighted by Crippen LogP contribution is -2.30. The Kier molecular flexibility index (Phi) is 67.6. The van der Waals surface area contributed by atoms with Crippen molar-refractivity contribution in [3.63, 3.8) is 0 Å². The molecule has 0 bridgehead atoms. The highest BCUT2D eigenvalue weighted by Crippen LogP contribution is 2.19. The number of carbonyl (C=O) groups excluding carboxylic acids is 3. The van der Waals surface area contributed by atoms with Crippen molar-refractivity contribution in [2.24, 2.45) is 0 Å². The average Bonchev–Trinajstić information content (AvgIpc) is 3.47. The van der Waals surface area contributed by atoms with Crippen molar-refractivity contribution in [1.82, 2.24) is 0 Å². The molecule has 1 unspecified atom stereocenters. The summed E-state index contributed by atoms with van der Waals surface area (Å²) in [6, 6.07) is 0. The molecule has 0 aromatic carbocycles. The van der Waals surface area contributed by atoms with Gasteiger partial charge in [0.25, 0.3) is 0 Å². The van der Waals surface area contributed by atoms with Crippen LogP contribution in [0.3, 0.4) is 0 Å². The van der Waals surface area contributed by atoms with Crippen molar-refractivity contribution >= 4 is 17.9 Å². The summed E-state index contributed by atoms with van der Waals surface area (Å²) in [5.41, 5.74) is 0. The van der Waals surface area contributed by atoms with Gasteiger partial charge in [0.15, 0.2) is 6.10 Å². The average molecular weight is 1140 g/mol. The SMILES string of the molecule is CC/C=C\C/C=C\C/C=C\C/C=C\CCCCCCCCCCCCCCC(=O)OCC(COC(=O)CCCCCCCCCCCCCCCCCC)OC(=O)CCCCCCCCCCCCCCCCCCCCCCCC. The predicted octanol–water partition coefficient (Wildman–Crippen LogP) is 24.9. The van der Waals surface area contributed by atoms with E-state index in [4.69, 9.17) is 14.2 Å². The number of esters is 3. The molecule has 474 valence electrons. The largest absolute Gasteiger partial charge is 0.462 e. The molecule has 0 fully saturated rings. The highest BCUT2D eigenvalue weighted by molar-refractivity contribution is 5.71. The molecule has 0 aromatic heterocycles. The number of hydrogen-bond donors (Lipinski definition) is 0. The summed E-state index contributed by atoms with van der Waals surface area (Å²) in [5.74, 6) is -0.836. The third kappa shape index (κ3) is 68.0. The van der Waals surface area contributed by atoms with Crippen LogP contribution >= 0.6 is 0 Å². The molecule has 0 aromatic rings. The van der Waals surface area contributed by atoms with Gasteiger partial charge in [0.05, 0.1) is 0 Å². The summed E-state index contributed by atoms with van der Waals surface area (Å²) in [5, 5.41) is 0. The van der Waals surface area contributed by atoms with Crippen LogP contribution in [0.25, 0.3) is 0 Å². The van der Waals surface area contributed by atoms with Gasteiger partial charge in [0.2, 0.25) is 0 Å². The van der Waals surface area contributed by atoms with E-state index in [1.807, 2.05) is 0 Å². The van der Waals surface area contributed by atoms with Gasteiger partial charge in [-0.05, 0) is 57.8 Å². The first-order valence-corrected chi connectivity index (χ1v) is 36.1. The number of carbonyl (C=O) groups is 3. The monoisotopic (exact) mass is 1140 g/mol. The first-order valence-electron chi connectivity index (χ1n) is 36.1. The summed E-state index contributed by atoms with van der Waals surface area (Å²) >= 11 is 0. The maximum absolute atomic E-state index is 13.0. The number of allylic oxidation sites excluding steroid dienone is 8. The lowest BCUT2D eigenvalue weighted by Gasteiger charge is -2.18. The van der Waals surface area contributed by atoms with Crippen molar-refractivity contribution < 1.29 is 28.6 Å². The molecule has 0 heterocycles. The molecular formula is C75H138O6. The topological polar surface area (TPSA) is 78.9 Å². The van der Waals surface area contributed by atoms with Gasteiger partial charge in [0, 0.05) is 19.3 Å². The lowest BCUT2D eigenvalue weighted by molar-refractivity contribution is -0.167. The minimum Gasteiger partial charge on any atom is -0.462 e.